The third kappa shape index (κ3) is 5.34. The number of aliphatic hydroxyl groups is 1. The lowest BCUT2D eigenvalue weighted by molar-refractivity contribution is 0.283. The molecule has 1 aromatic carbocycles. The number of hydrogen-bond acceptors (Lipinski definition) is 4. The zero-order chi connectivity index (χ0) is 14.1. The standard InChI is InChI=1S/C14H23FN2O2/c1-2-8-19-14-10-13(12(16)9-11(14)15)17-6-4-3-5-7-18/h9-10,17-18H,2-8,16H2,1H3. The van der Waals surface area contributed by atoms with Crippen LogP contribution < -0.4 is 15.8 Å². The van der Waals surface area contributed by atoms with E-state index in [1.807, 2.05) is 6.92 Å². The van der Waals surface area contributed by atoms with Crippen LogP contribution >= 0.6 is 0 Å². The lowest BCUT2D eigenvalue weighted by Gasteiger charge is -2.13. The van der Waals surface area contributed by atoms with E-state index < -0.39 is 5.82 Å². The molecule has 0 spiro atoms. The van der Waals surface area contributed by atoms with Crippen molar-refractivity contribution in [3.05, 3.63) is 17.9 Å². The highest BCUT2D eigenvalue weighted by Crippen LogP contribution is 2.28. The van der Waals surface area contributed by atoms with Gasteiger partial charge in [0.1, 0.15) is 0 Å². The van der Waals surface area contributed by atoms with Crippen molar-refractivity contribution in [2.45, 2.75) is 32.6 Å². The molecule has 0 atom stereocenters. The van der Waals surface area contributed by atoms with Gasteiger partial charge in [-0.05, 0) is 25.7 Å². The first kappa shape index (κ1) is 15.6. The molecule has 0 fully saturated rings. The lowest BCUT2D eigenvalue weighted by atomic mass is 10.2. The minimum atomic E-state index is -0.434. The number of halogens is 1. The van der Waals surface area contributed by atoms with Crippen LogP contribution in [0.15, 0.2) is 12.1 Å². The second-order valence-corrected chi connectivity index (χ2v) is 4.43. The van der Waals surface area contributed by atoms with Gasteiger partial charge >= 0.3 is 0 Å². The van der Waals surface area contributed by atoms with Crippen LogP contribution in [0.3, 0.4) is 0 Å². The zero-order valence-corrected chi connectivity index (χ0v) is 11.4. The molecular formula is C14H23FN2O2. The fraction of sp³-hybridized carbons (Fsp3) is 0.571. The Morgan fingerprint density at radius 1 is 1.32 bits per heavy atom. The second-order valence-electron chi connectivity index (χ2n) is 4.43. The Balaban J connectivity index is 2.56. The summed E-state index contributed by atoms with van der Waals surface area (Å²) >= 11 is 0. The van der Waals surface area contributed by atoms with Crippen molar-refractivity contribution in [2.75, 3.05) is 30.8 Å². The molecule has 1 aromatic rings. The number of nitrogens with one attached hydrogen (secondary N) is 1. The average Bonchev–Trinajstić information content (AvgIpc) is 2.39. The van der Waals surface area contributed by atoms with Gasteiger partial charge in [0, 0.05) is 25.3 Å². The van der Waals surface area contributed by atoms with Gasteiger partial charge in [-0.1, -0.05) is 6.92 Å². The van der Waals surface area contributed by atoms with Crippen LogP contribution in [0.2, 0.25) is 0 Å². The van der Waals surface area contributed by atoms with Crippen molar-refractivity contribution >= 4 is 11.4 Å². The molecule has 0 saturated carbocycles. The number of aliphatic hydroxyl groups excluding tert-OH is 1. The molecule has 4 nitrogen and oxygen atoms in total. The van der Waals surface area contributed by atoms with E-state index in [-0.39, 0.29) is 12.4 Å². The molecule has 0 aliphatic heterocycles. The highest BCUT2D eigenvalue weighted by atomic mass is 19.1. The van der Waals surface area contributed by atoms with E-state index in [9.17, 15) is 4.39 Å². The largest absolute Gasteiger partial charge is 0.490 e. The number of nitrogens with two attached hydrogens (primary N) is 1. The molecule has 5 heteroatoms. The maximum Gasteiger partial charge on any atom is 0.167 e. The summed E-state index contributed by atoms with van der Waals surface area (Å²) in [5.41, 5.74) is 6.83. The van der Waals surface area contributed by atoms with Crippen LogP contribution in [0.25, 0.3) is 0 Å². The van der Waals surface area contributed by atoms with Gasteiger partial charge in [0.05, 0.1) is 18.0 Å². The van der Waals surface area contributed by atoms with Crippen molar-refractivity contribution in [3.8, 4) is 5.75 Å². The molecule has 0 heterocycles. The van der Waals surface area contributed by atoms with Gasteiger partial charge in [-0.15, -0.1) is 0 Å². The van der Waals surface area contributed by atoms with Crippen molar-refractivity contribution in [1.29, 1.82) is 0 Å². The Kier molecular flexibility index (Phi) is 7.03. The van der Waals surface area contributed by atoms with Crippen LogP contribution in [0, 0.1) is 5.82 Å². The van der Waals surface area contributed by atoms with Gasteiger partial charge in [0.15, 0.2) is 11.6 Å². The van der Waals surface area contributed by atoms with Crippen LogP contribution in [0.1, 0.15) is 32.6 Å². The quantitative estimate of drug-likeness (QED) is 0.477. The van der Waals surface area contributed by atoms with Gasteiger partial charge in [-0.2, -0.15) is 0 Å². The van der Waals surface area contributed by atoms with Gasteiger partial charge < -0.3 is 20.9 Å². The third-order valence-corrected chi connectivity index (χ3v) is 2.72. The maximum atomic E-state index is 13.6. The highest BCUT2D eigenvalue weighted by Gasteiger charge is 2.08. The predicted molar refractivity (Wildman–Crippen MR) is 76.0 cm³/mol. The summed E-state index contributed by atoms with van der Waals surface area (Å²) in [6, 6.07) is 2.88. The normalized spacial score (nSPS) is 10.5. The first-order valence-corrected chi connectivity index (χ1v) is 6.75. The minimum Gasteiger partial charge on any atom is -0.490 e. The van der Waals surface area contributed by atoms with Crippen molar-refractivity contribution in [1.82, 2.24) is 0 Å². The van der Waals surface area contributed by atoms with E-state index in [1.54, 1.807) is 6.07 Å². The Morgan fingerprint density at radius 3 is 2.79 bits per heavy atom. The fourth-order valence-corrected chi connectivity index (χ4v) is 1.68. The highest BCUT2D eigenvalue weighted by molar-refractivity contribution is 5.68. The number of anilines is 2. The molecular weight excluding hydrogens is 247 g/mol. The summed E-state index contributed by atoms with van der Waals surface area (Å²) in [5.74, 6) is -0.203. The first-order chi connectivity index (χ1) is 9.19. The van der Waals surface area contributed by atoms with E-state index in [1.165, 1.54) is 6.07 Å². The lowest BCUT2D eigenvalue weighted by Crippen LogP contribution is -2.06. The van der Waals surface area contributed by atoms with Gasteiger partial charge in [0.25, 0.3) is 0 Å². The number of rotatable bonds is 9. The first-order valence-electron chi connectivity index (χ1n) is 6.75. The monoisotopic (exact) mass is 270 g/mol. The van der Waals surface area contributed by atoms with E-state index in [2.05, 4.69) is 5.32 Å². The molecule has 0 aliphatic carbocycles. The molecule has 0 aliphatic rings. The van der Waals surface area contributed by atoms with Crippen LogP contribution in [-0.2, 0) is 0 Å². The molecule has 0 amide bonds. The molecule has 0 unspecified atom stereocenters. The van der Waals surface area contributed by atoms with Gasteiger partial charge in [0.2, 0.25) is 0 Å². The number of ether oxygens (including phenoxy) is 1. The van der Waals surface area contributed by atoms with E-state index in [0.717, 1.165) is 32.2 Å². The third-order valence-electron chi connectivity index (χ3n) is 2.72. The molecule has 0 saturated heterocycles. The number of hydrogen-bond donors (Lipinski definition) is 3. The minimum absolute atomic E-state index is 0.216. The second kappa shape index (κ2) is 8.58. The smallest absolute Gasteiger partial charge is 0.167 e. The number of nitrogen functional groups attached to an aromatic ring is 1. The number of benzene rings is 1. The van der Waals surface area contributed by atoms with Crippen LogP contribution in [0.5, 0.6) is 5.75 Å². The van der Waals surface area contributed by atoms with Gasteiger partial charge in [-0.25, -0.2) is 4.39 Å². The average molecular weight is 270 g/mol. The Morgan fingerprint density at radius 2 is 2.11 bits per heavy atom. The summed E-state index contributed by atoms with van der Waals surface area (Å²) in [5, 5.41) is 11.8. The summed E-state index contributed by atoms with van der Waals surface area (Å²) in [4.78, 5) is 0. The summed E-state index contributed by atoms with van der Waals surface area (Å²) < 4.78 is 18.9. The summed E-state index contributed by atoms with van der Waals surface area (Å²) in [7, 11) is 0. The molecule has 19 heavy (non-hydrogen) atoms. The van der Waals surface area contributed by atoms with E-state index in [0.29, 0.717) is 18.0 Å². The maximum absolute atomic E-state index is 13.6. The Hall–Kier alpha value is -1.49. The Bertz CT molecular complexity index is 386. The summed E-state index contributed by atoms with van der Waals surface area (Å²) in [6.07, 6.45) is 3.51. The fourth-order valence-electron chi connectivity index (χ4n) is 1.68. The molecule has 0 aromatic heterocycles. The van der Waals surface area contributed by atoms with Crippen molar-refractivity contribution < 1.29 is 14.2 Å². The van der Waals surface area contributed by atoms with E-state index >= 15 is 0 Å². The number of unbranched alkanes of at least 4 members (excludes halogenated alkanes) is 2. The van der Waals surface area contributed by atoms with Crippen molar-refractivity contribution in [2.24, 2.45) is 0 Å². The summed E-state index contributed by atoms with van der Waals surface area (Å²) in [6.45, 7) is 3.41. The Labute approximate surface area is 113 Å². The van der Waals surface area contributed by atoms with Crippen LogP contribution in [-0.4, -0.2) is 24.9 Å². The molecule has 1 rings (SSSR count). The van der Waals surface area contributed by atoms with Crippen LogP contribution in [0.4, 0.5) is 15.8 Å². The molecule has 0 bridgehead atoms. The topological polar surface area (TPSA) is 67.5 Å². The van der Waals surface area contributed by atoms with Crippen molar-refractivity contribution in [3.63, 3.8) is 0 Å². The zero-order valence-electron chi connectivity index (χ0n) is 11.4. The molecule has 0 radical (unpaired) electrons. The van der Waals surface area contributed by atoms with Gasteiger partial charge in [-0.3, -0.25) is 0 Å². The SMILES string of the molecule is CCCOc1cc(NCCCCCO)c(N)cc1F. The molecule has 108 valence electrons. The van der Waals surface area contributed by atoms with E-state index in [4.69, 9.17) is 15.6 Å². The predicted octanol–water partition coefficient (Wildman–Crippen LogP) is 2.77. The molecule has 4 N–H and O–H groups in total.